The topological polar surface area (TPSA) is 3.24 Å². The largest absolute Gasteiger partial charge is 0.303 e. The van der Waals surface area contributed by atoms with Gasteiger partial charge in [-0.15, -0.1) is 0 Å². The molecule has 94 valence electrons. The highest BCUT2D eigenvalue weighted by atomic mass is 32.2. The molecule has 19 heavy (non-hydrogen) atoms. The molecule has 0 bridgehead atoms. The van der Waals surface area contributed by atoms with Crippen molar-refractivity contribution in [1.29, 1.82) is 0 Å². The molecule has 0 fully saturated rings. The fraction of sp³-hybridized carbons (Fsp3) is 0.0625. The van der Waals surface area contributed by atoms with Crippen molar-refractivity contribution in [2.45, 2.75) is 11.8 Å². The molecule has 0 saturated carbocycles. The maximum atomic E-state index is 5.23. The molecule has 3 rings (SSSR count). The van der Waals surface area contributed by atoms with Gasteiger partial charge in [-0.1, -0.05) is 54.3 Å². The zero-order chi connectivity index (χ0) is 13.2. The Hall–Kier alpha value is -1.58. The van der Waals surface area contributed by atoms with Crippen molar-refractivity contribution in [1.82, 2.24) is 0 Å². The second-order valence-corrected chi connectivity index (χ2v) is 6.04. The minimum atomic E-state index is 0.899. The Labute approximate surface area is 122 Å². The molecule has 0 atom stereocenters. The standard InChI is InChI=1S/C16H13NS2/c1-12(18)11-16-17(13-7-3-2-4-8-13)14-9-5-6-10-15(14)19-16/h2-11H,1H3. The van der Waals surface area contributed by atoms with Crippen LogP contribution in [-0.4, -0.2) is 4.86 Å². The Bertz CT molecular complexity index is 647. The molecule has 3 heteroatoms. The molecule has 1 aliphatic heterocycles. The monoisotopic (exact) mass is 283 g/mol. The van der Waals surface area contributed by atoms with Crippen LogP contribution in [0.25, 0.3) is 0 Å². The molecule has 0 radical (unpaired) electrons. The van der Waals surface area contributed by atoms with Crippen molar-refractivity contribution in [2.75, 3.05) is 4.90 Å². The lowest BCUT2D eigenvalue weighted by molar-refractivity contribution is 1.25. The zero-order valence-corrected chi connectivity index (χ0v) is 12.2. The maximum absolute atomic E-state index is 5.23. The molecule has 1 aliphatic rings. The summed E-state index contributed by atoms with van der Waals surface area (Å²) >= 11 is 7.00. The van der Waals surface area contributed by atoms with Crippen LogP contribution in [0.2, 0.25) is 0 Å². The first-order valence-electron chi connectivity index (χ1n) is 6.10. The van der Waals surface area contributed by atoms with Crippen LogP contribution in [0, 0.1) is 0 Å². The second-order valence-electron chi connectivity index (χ2n) is 4.33. The van der Waals surface area contributed by atoms with Crippen LogP contribution in [0.1, 0.15) is 6.92 Å². The lowest BCUT2D eigenvalue weighted by Gasteiger charge is -2.20. The lowest BCUT2D eigenvalue weighted by atomic mass is 10.2. The summed E-state index contributed by atoms with van der Waals surface area (Å²) in [6.45, 7) is 1.95. The van der Waals surface area contributed by atoms with Gasteiger partial charge in [-0.05, 0) is 37.3 Å². The van der Waals surface area contributed by atoms with Crippen LogP contribution >= 0.6 is 24.0 Å². The number of rotatable bonds is 2. The van der Waals surface area contributed by atoms with Crippen molar-refractivity contribution in [2.24, 2.45) is 0 Å². The number of hydrogen-bond acceptors (Lipinski definition) is 3. The van der Waals surface area contributed by atoms with E-state index in [2.05, 4.69) is 59.5 Å². The number of anilines is 2. The van der Waals surface area contributed by atoms with E-state index in [0.717, 1.165) is 4.86 Å². The summed E-state index contributed by atoms with van der Waals surface area (Å²) in [6.07, 6.45) is 2.06. The SMILES string of the molecule is CC(=S)C=C1Sc2ccccc2N1c1ccccc1. The van der Waals surface area contributed by atoms with Crippen molar-refractivity contribution in [3.05, 3.63) is 65.7 Å². The van der Waals surface area contributed by atoms with Gasteiger partial charge < -0.3 is 4.90 Å². The molecule has 2 aromatic carbocycles. The Morgan fingerprint density at radius 3 is 2.47 bits per heavy atom. The predicted molar refractivity (Wildman–Crippen MR) is 87.2 cm³/mol. The zero-order valence-electron chi connectivity index (χ0n) is 10.5. The Kier molecular flexibility index (Phi) is 3.40. The minimum Gasteiger partial charge on any atom is -0.303 e. The molecular formula is C16H13NS2. The van der Waals surface area contributed by atoms with Gasteiger partial charge in [-0.3, -0.25) is 0 Å². The highest BCUT2D eigenvalue weighted by Crippen LogP contribution is 2.49. The van der Waals surface area contributed by atoms with Gasteiger partial charge in [0.05, 0.1) is 10.7 Å². The normalized spacial score (nSPS) is 15.6. The molecule has 2 aromatic rings. The number of thioether (sulfide) groups is 1. The lowest BCUT2D eigenvalue weighted by Crippen LogP contribution is -2.10. The van der Waals surface area contributed by atoms with E-state index < -0.39 is 0 Å². The number of benzene rings is 2. The summed E-state index contributed by atoms with van der Waals surface area (Å²) < 4.78 is 0. The summed E-state index contributed by atoms with van der Waals surface area (Å²) in [5.74, 6) is 0. The third-order valence-electron chi connectivity index (χ3n) is 2.88. The van der Waals surface area contributed by atoms with Gasteiger partial charge in [0.25, 0.3) is 0 Å². The summed E-state index contributed by atoms with van der Waals surface area (Å²) in [5.41, 5.74) is 2.39. The molecule has 0 aromatic heterocycles. The van der Waals surface area contributed by atoms with Gasteiger partial charge in [-0.25, -0.2) is 0 Å². The molecule has 0 spiro atoms. The first kappa shape index (κ1) is 12.5. The second kappa shape index (κ2) is 5.19. The van der Waals surface area contributed by atoms with Gasteiger partial charge in [-0.2, -0.15) is 0 Å². The fourth-order valence-electron chi connectivity index (χ4n) is 2.12. The molecule has 1 heterocycles. The average Bonchev–Trinajstić information content (AvgIpc) is 2.76. The van der Waals surface area contributed by atoms with E-state index in [-0.39, 0.29) is 0 Å². The first-order valence-corrected chi connectivity index (χ1v) is 7.32. The van der Waals surface area contributed by atoms with Gasteiger partial charge >= 0.3 is 0 Å². The van der Waals surface area contributed by atoms with Gasteiger partial charge in [0.1, 0.15) is 0 Å². The van der Waals surface area contributed by atoms with Crippen molar-refractivity contribution < 1.29 is 0 Å². The Morgan fingerprint density at radius 1 is 1.05 bits per heavy atom. The number of fused-ring (bicyclic) bond motifs is 1. The van der Waals surface area contributed by atoms with Crippen LogP contribution in [0.5, 0.6) is 0 Å². The highest BCUT2D eigenvalue weighted by molar-refractivity contribution is 8.03. The molecule has 0 N–H and O–H groups in total. The fourth-order valence-corrected chi connectivity index (χ4v) is 3.47. The molecule has 0 saturated heterocycles. The summed E-state index contributed by atoms with van der Waals surface area (Å²) in [6, 6.07) is 18.8. The van der Waals surface area contributed by atoms with E-state index in [9.17, 15) is 0 Å². The van der Waals surface area contributed by atoms with Gasteiger partial charge in [0.15, 0.2) is 0 Å². The third kappa shape index (κ3) is 2.44. The smallest absolute Gasteiger partial charge is 0.0858 e. The van der Waals surface area contributed by atoms with E-state index >= 15 is 0 Å². The minimum absolute atomic E-state index is 0.899. The number of thiocarbonyl (C=S) groups is 1. The Morgan fingerprint density at radius 2 is 1.74 bits per heavy atom. The molecule has 0 unspecified atom stereocenters. The quantitative estimate of drug-likeness (QED) is 0.553. The summed E-state index contributed by atoms with van der Waals surface area (Å²) in [5, 5.41) is 1.17. The van der Waals surface area contributed by atoms with Crippen LogP contribution < -0.4 is 4.90 Å². The molecule has 0 aliphatic carbocycles. The third-order valence-corrected chi connectivity index (χ3v) is 4.07. The number of hydrogen-bond donors (Lipinski definition) is 0. The van der Waals surface area contributed by atoms with E-state index in [0.29, 0.717) is 0 Å². The molecule has 0 amide bonds. The van der Waals surface area contributed by atoms with E-state index in [1.54, 1.807) is 11.8 Å². The van der Waals surface area contributed by atoms with E-state index in [1.165, 1.54) is 21.3 Å². The summed E-state index contributed by atoms with van der Waals surface area (Å²) in [4.78, 5) is 4.43. The molecule has 1 nitrogen and oxygen atoms in total. The maximum Gasteiger partial charge on any atom is 0.0858 e. The highest BCUT2D eigenvalue weighted by Gasteiger charge is 2.25. The van der Waals surface area contributed by atoms with Crippen molar-refractivity contribution in [3.63, 3.8) is 0 Å². The van der Waals surface area contributed by atoms with E-state index in [1.807, 2.05) is 13.0 Å². The van der Waals surface area contributed by atoms with Crippen LogP contribution in [0.4, 0.5) is 11.4 Å². The Balaban J connectivity index is 2.14. The number of nitrogens with zero attached hydrogens (tertiary/aromatic N) is 1. The van der Waals surface area contributed by atoms with Crippen LogP contribution in [0.15, 0.2) is 70.6 Å². The summed E-state index contributed by atoms with van der Waals surface area (Å²) in [7, 11) is 0. The van der Waals surface area contributed by atoms with Crippen molar-refractivity contribution in [3.8, 4) is 0 Å². The van der Waals surface area contributed by atoms with E-state index in [4.69, 9.17) is 12.2 Å². The van der Waals surface area contributed by atoms with Gasteiger partial charge in [0.2, 0.25) is 0 Å². The average molecular weight is 283 g/mol. The van der Waals surface area contributed by atoms with Gasteiger partial charge in [0, 0.05) is 15.4 Å². The predicted octanol–water partition coefficient (Wildman–Crippen LogP) is 5.16. The number of para-hydroxylation sites is 2. The van der Waals surface area contributed by atoms with Crippen molar-refractivity contribution >= 4 is 40.2 Å². The molecular weight excluding hydrogens is 270 g/mol. The number of allylic oxidation sites excluding steroid dienone is 1. The van der Waals surface area contributed by atoms with Crippen LogP contribution in [0.3, 0.4) is 0 Å². The van der Waals surface area contributed by atoms with Crippen LogP contribution in [-0.2, 0) is 0 Å². The first-order chi connectivity index (χ1) is 9.25.